The summed E-state index contributed by atoms with van der Waals surface area (Å²) >= 11 is 0. The van der Waals surface area contributed by atoms with Crippen molar-refractivity contribution in [2.24, 2.45) is 0 Å². The van der Waals surface area contributed by atoms with Crippen LogP contribution in [0.3, 0.4) is 0 Å². The molecule has 1 aromatic carbocycles. The molecule has 102 valence electrons. The van der Waals surface area contributed by atoms with Crippen molar-refractivity contribution in [1.82, 2.24) is 5.32 Å². The summed E-state index contributed by atoms with van der Waals surface area (Å²) in [5, 5.41) is 2.89. The van der Waals surface area contributed by atoms with Gasteiger partial charge in [-0.3, -0.25) is 0 Å². The largest absolute Gasteiger partial charge is 0.305 e. The van der Waals surface area contributed by atoms with Crippen molar-refractivity contribution in [2.45, 2.75) is 52.0 Å². The number of benzene rings is 1. The molecule has 1 aromatic rings. The van der Waals surface area contributed by atoms with E-state index in [1.165, 1.54) is 0 Å². The Morgan fingerprint density at radius 2 is 1.67 bits per heavy atom. The number of alkyl halides is 2. The molecule has 0 fully saturated rings. The van der Waals surface area contributed by atoms with E-state index in [0.29, 0.717) is 12.1 Å². The van der Waals surface area contributed by atoms with E-state index in [-0.39, 0.29) is 5.41 Å². The Bertz CT molecular complexity index is 352. The molecule has 0 amide bonds. The molecule has 0 aliphatic rings. The minimum Gasteiger partial charge on any atom is -0.305 e. The van der Waals surface area contributed by atoms with E-state index in [9.17, 15) is 8.78 Å². The molecule has 0 radical (unpaired) electrons. The summed E-state index contributed by atoms with van der Waals surface area (Å²) in [5.41, 5.74) is 1.87. The van der Waals surface area contributed by atoms with Crippen LogP contribution in [0.25, 0.3) is 0 Å². The van der Waals surface area contributed by atoms with Crippen LogP contribution >= 0.6 is 0 Å². The fourth-order valence-electron chi connectivity index (χ4n) is 1.84. The van der Waals surface area contributed by atoms with Crippen LogP contribution in [0.5, 0.6) is 0 Å². The molecule has 0 aliphatic heterocycles. The molecule has 0 bridgehead atoms. The lowest BCUT2D eigenvalue weighted by Crippen LogP contribution is -2.28. The highest BCUT2D eigenvalue weighted by Crippen LogP contribution is 2.26. The van der Waals surface area contributed by atoms with Crippen molar-refractivity contribution < 1.29 is 8.78 Å². The minimum atomic E-state index is -2.38. The second-order valence-electron chi connectivity index (χ2n) is 5.64. The molecule has 1 atom stereocenters. The fraction of sp³-hybridized carbons (Fsp3) is 0.600. The zero-order valence-corrected chi connectivity index (χ0v) is 11.6. The number of rotatable bonds is 5. The summed E-state index contributed by atoms with van der Waals surface area (Å²) in [5.74, 6) is 0. The van der Waals surface area contributed by atoms with Crippen LogP contribution in [0.15, 0.2) is 24.3 Å². The van der Waals surface area contributed by atoms with Gasteiger partial charge in [0.25, 0.3) is 6.43 Å². The highest BCUT2D eigenvalue weighted by atomic mass is 19.3. The van der Waals surface area contributed by atoms with Crippen molar-refractivity contribution in [3.05, 3.63) is 35.4 Å². The van der Waals surface area contributed by atoms with E-state index in [2.05, 4.69) is 26.1 Å². The molecule has 3 heteroatoms. The van der Waals surface area contributed by atoms with Crippen LogP contribution in [0.1, 0.15) is 51.3 Å². The molecule has 0 saturated carbocycles. The topological polar surface area (TPSA) is 12.0 Å². The lowest BCUT2D eigenvalue weighted by molar-refractivity contribution is 0.0985. The fourth-order valence-corrected chi connectivity index (χ4v) is 1.84. The number of nitrogens with one attached hydrogen (secondary N) is 1. The maximum Gasteiger partial charge on any atom is 0.257 e. The molecule has 0 saturated heterocycles. The van der Waals surface area contributed by atoms with Gasteiger partial charge in [-0.15, -0.1) is 0 Å². The summed E-state index contributed by atoms with van der Waals surface area (Å²) in [6.45, 7) is 8.92. The average Bonchev–Trinajstić information content (AvgIpc) is 2.28. The molecule has 1 nitrogen and oxygen atoms in total. The Labute approximate surface area is 109 Å². The molecule has 1 N–H and O–H groups in total. The standard InChI is InChI=1S/C15H23F2N/c1-5-10-18-13(14(16)17)11-6-8-12(9-7-11)15(2,3)4/h6-9,13-14,18H,5,10H2,1-4H3. The normalized spacial score (nSPS) is 13.9. The predicted molar refractivity (Wildman–Crippen MR) is 72.2 cm³/mol. The smallest absolute Gasteiger partial charge is 0.257 e. The van der Waals surface area contributed by atoms with Gasteiger partial charge >= 0.3 is 0 Å². The van der Waals surface area contributed by atoms with E-state index in [0.717, 1.165) is 12.0 Å². The van der Waals surface area contributed by atoms with Gasteiger partial charge in [-0.1, -0.05) is 52.0 Å². The van der Waals surface area contributed by atoms with Crippen molar-refractivity contribution in [2.75, 3.05) is 6.54 Å². The van der Waals surface area contributed by atoms with E-state index in [1.54, 1.807) is 12.1 Å². The van der Waals surface area contributed by atoms with Gasteiger partial charge in [0, 0.05) is 0 Å². The summed E-state index contributed by atoms with van der Waals surface area (Å²) in [6, 6.07) is 6.63. The first-order valence-corrected chi connectivity index (χ1v) is 6.48. The van der Waals surface area contributed by atoms with Crippen molar-refractivity contribution in [3.8, 4) is 0 Å². The van der Waals surface area contributed by atoms with E-state index in [4.69, 9.17) is 0 Å². The zero-order valence-electron chi connectivity index (χ0n) is 11.6. The Morgan fingerprint density at radius 1 is 1.11 bits per heavy atom. The van der Waals surface area contributed by atoms with Crippen molar-refractivity contribution >= 4 is 0 Å². The maximum absolute atomic E-state index is 13.0. The summed E-state index contributed by atoms with van der Waals surface area (Å²) in [7, 11) is 0. The lowest BCUT2D eigenvalue weighted by atomic mass is 9.86. The lowest BCUT2D eigenvalue weighted by Gasteiger charge is -2.22. The molecule has 0 aliphatic carbocycles. The van der Waals surface area contributed by atoms with Crippen LogP contribution in [-0.2, 0) is 5.41 Å². The molecular formula is C15H23F2N. The van der Waals surface area contributed by atoms with Gasteiger partial charge in [0.1, 0.15) is 0 Å². The second kappa shape index (κ2) is 6.28. The molecule has 1 rings (SSSR count). The van der Waals surface area contributed by atoms with Gasteiger partial charge in [0.05, 0.1) is 6.04 Å². The Kier molecular flexibility index (Phi) is 5.27. The highest BCUT2D eigenvalue weighted by Gasteiger charge is 2.22. The van der Waals surface area contributed by atoms with E-state index < -0.39 is 12.5 Å². The summed E-state index contributed by atoms with van der Waals surface area (Å²) in [6.07, 6.45) is -1.53. The molecule has 0 heterocycles. The number of halogens is 2. The Morgan fingerprint density at radius 3 is 2.06 bits per heavy atom. The van der Waals surface area contributed by atoms with Crippen LogP contribution in [-0.4, -0.2) is 13.0 Å². The zero-order chi connectivity index (χ0) is 13.8. The quantitative estimate of drug-likeness (QED) is 0.827. The van der Waals surface area contributed by atoms with E-state index in [1.807, 2.05) is 19.1 Å². The molecule has 1 unspecified atom stereocenters. The molecular weight excluding hydrogens is 232 g/mol. The maximum atomic E-state index is 13.0. The highest BCUT2D eigenvalue weighted by molar-refractivity contribution is 5.29. The minimum absolute atomic E-state index is 0.0513. The number of hydrogen-bond donors (Lipinski definition) is 1. The van der Waals surface area contributed by atoms with Crippen molar-refractivity contribution in [3.63, 3.8) is 0 Å². The summed E-state index contributed by atoms with van der Waals surface area (Å²) < 4.78 is 26.0. The predicted octanol–water partition coefficient (Wildman–Crippen LogP) is 4.29. The van der Waals surface area contributed by atoms with Gasteiger partial charge < -0.3 is 5.32 Å². The van der Waals surface area contributed by atoms with Gasteiger partial charge in [0.2, 0.25) is 0 Å². The first kappa shape index (κ1) is 15.1. The van der Waals surface area contributed by atoms with Gasteiger partial charge in [-0.2, -0.15) is 0 Å². The van der Waals surface area contributed by atoms with Gasteiger partial charge in [-0.05, 0) is 29.5 Å². The van der Waals surface area contributed by atoms with Gasteiger partial charge in [0.15, 0.2) is 0 Å². The van der Waals surface area contributed by atoms with Crippen LogP contribution in [0, 0.1) is 0 Å². The van der Waals surface area contributed by atoms with E-state index >= 15 is 0 Å². The SMILES string of the molecule is CCCNC(c1ccc(C(C)(C)C)cc1)C(F)F. The third-order valence-corrected chi connectivity index (χ3v) is 3.00. The average molecular weight is 255 g/mol. The molecule has 0 aromatic heterocycles. The Balaban J connectivity index is 2.87. The van der Waals surface area contributed by atoms with Crippen molar-refractivity contribution in [1.29, 1.82) is 0 Å². The molecule has 0 spiro atoms. The van der Waals surface area contributed by atoms with Crippen LogP contribution < -0.4 is 5.32 Å². The first-order chi connectivity index (χ1) is 8.36. The molecule has 18 heavy (non-hydrogen) atoms. The van der Waals surface area contributed by atoms with Crippen LogP contribution in [0.4, 0.5) is 8.78 Å². The van der Waals surface area contributed by atoms with Crippen LogP contribution in [0.2, 0.25) is 0 Å². The third-order valence-electron chi connectivity index (χ3n) is 3.00. The van der Waals surface area contributed by atoms with Gasteiger partial charge in [-0.25, -0.2) is 8.78 Å². The second-order valence-corrected chi connectivity index (χ2v) is 5.64. The third kappa shape index (κ3) is 4.05. The first-order valence-electron chi connectivity index (χ1n) is 6.48. The Hall–Kier alpha value is -0.960. The number of hydrogen-bond acceptors (Lipinski definition) is 1. The summed E-state index contributed by atoms with van der Waals surface area (Å²) in [4.78, 5) is 0. The monoisotopic (exact) mass is 255 g/mol.